The quantitative estimate of drug-likeness (QED) is 0.341. The third-order valence-corrected chi connectivity index (χ3v) is 9.22. The molecular formula is C31H35F4N5O6. The van der Waals surface area contributed by atoms with Gasteiger partial charge in [-0.25, -0.2) is 17.6 Å². The number of likely N-dealkylation sites (tertiary alicyclic amines) is 1. The molecule has 7 atom stereocenters. The van der Waals surface area contributed by atoms with Crippen molar-refractivity contribution in [3.05, 3.63) is 70.8 Å². The van der Waals surface area contributed by atoms with Crippen LogP contribution in [-0.4, -0.2) is 118 Å². The van der Waals surface area contributed by atoms with E-state index in [4.69, 9.17) is 4.74 Å². The fourth-order valence-electron chi connectivity index (χ4n) is 6.81. The van der Waals surface area contributed by atoms with E-state index in [9.17, 15) is 42.2 Å². The first-order chi connectivity index (χ1) is 22.0. The first-order valence-corrected chi connectivity index (χ1v) is 15.2. The molecule has 15 heteroatoms. The van der Waals surface area contributed by atoms with E-state index in [2.05, 4.69) is 10.6 Å². The van der Waals surface area contributed by atoms with Crippen molar-refractivity contribution < 1.29 is 46.9 Å². The molecule has 4 aliphatic rings. The summed E-state index contributed by atoms with van der Waals surface area (Å²) in [5, 5.41) is 26.8. The summed E-state index contributed by atoms with van der Waals surface area (Å²) < 4.78 is 61.0. The molecule has 4 saturated heterocycles. The Morgan fingerprint density at radius 2 is 1.41 bits per heavy atom. The number of halogens is 4. The number of benzene rings is 2. The van der Waals surface area contributed by atoms with Crippen molar-refractivity contribution in [3.8, 4) is 0 Å². The maximum atomic E-state index is 14.1. The summed E-state index contributed by atoms with van der Waals surface area (Å²) in [6, 6.07) is 4.73. The lowest BCUT2D eigenvalue weighted by Crippen LogP contribution is -2.62. The number of piperazine rings is 1. The minimum absolute atomic E-state index is 0.0553. The van der Waals surface area contributed by atoms with Crippen molar-refractivity contribution in [2.45, 2.75) is 68.5 Å². The van der Waals surface area contributed by atoms with Gasteiger partial charge in [0.05, 0.1) is 18.6 Å². The summed E-state index contributed by atoms with van der Waals surface area (Å²) in [5.41, 5.74) is 0.844. The molecule has 3 amide bonds. The Kier molecular flexibility index (Phi) is 9.30. The van der Waals surface area contributed by atoms with Crippen molar-refractivity contribution in [2.75, 3.05) is 32.7 Å². The number of fused-ring (bicyclic) bond motifs is 6. The minimum atomic E-state index is -1.39. The molecule has 4 fully saturated rings. The molecule has 46 heavy (non-hydrogen) atoms. The zero-order valence-electron chi connectivity index (χ0n) is 24.8. The van der Waals surface area contributed by atoms with E-state index in [1.807, 2.05) is 0 Å². The van der Waals surface area contributed by atoms with Gasteiger partial charge in [-0.3, -0.25) is 24.2 Å². The molecule has 248 valence electrons. The van der Waals surface area contributed by atoms with E-state index in [-0.39, 0.29) is 64.6 Å². The smallest absolute Gasteiger partial charge is 0.240 e. The predicted molar refractivity (Wildman–Crippen MR) is 153 cm³/mol. The highest BCUT2D eigenvalue weighted by atomic mass is 19.2. The van der Waals surface area contributed by atoms with Crippen molar-refractivity contribution in [1.82, 2.24) is 25.3 Å². The maximum absolute atomic E-state index is 14.1. The largest absolute Gasteiger partial charge is 0.388 e. The number of aliphatic hydroxyl groups is 2. The SMILES string of the molecule is O=C1C[C@@H]2O[C@H](CNC(=O)[C@@H]3CN(CCN3Cc3ccc(F)c(F)c3)C(=O)[C@@H]3C[C@@H](CN3Cc3ccc(F)c(F)c3)N1)[C@@H](O)[C@H]2O. The number of carbonyl (C=O) groups excluding carboxylic acids is 3. The molecular weight excluding hydrogens is 614 g/mol. The van der Waals surface area contributed by atoms with Crippen molar-refractivity contribution in [3.63, 3.8) is 0 Å². The van der Waals surface area contributed by atoms with Gasteiger partial charge < -0.3 is 30.5 Å². The molecule has 6 rings (SSSR count). The highest BCUT2D eigenvalue weighted by Crippen LogP contribution is 2.28. The Morgan fingerprint density at radius 1 is 0.783 bits per heavy atom. The summed E-state index contributed by atoms with van der Waals surface area (Å²) in [6.45, 7) is 0.546. The van der Waals surface area contributed by atoms with Gasteiger partial charge in [-0.2, -0.15) is 0 Å². The number of nitrogens with one attached hydrogen (secondary N) is 2. The van der Waals surface area contributed by atoms with Gasteiger partial charge >= 0.3 is 0 Å². The average molecular weight is 650 g/mol. The Labute approximate surface area is 262 Å². The lowest BCUT2D eigenvalue weighted by Gasteiger charge is -2.42. The molecule has 0 unspecified atom stereocenters. The second-order valence-electron chi connectivity index (χ2n) is 12.4. The van der Waals surface area contributed by atoms with Crippen LogP contribution in [0.25, 0.3) is 0 Å². The number of ether oxygens (including phenoxy) is 1. The predicted octanol–water partition coefficient (Wildman–Crippen LogP) is 0.0242. The third kappa shape index (κ3) is 6.74. The van der Waals surface area contributed by atoms with Crippen LogP contribution in [0.1, 0.15) is 24.0 Å². The van der Waals surface area contributed by atoms with Crippen LogP contribution in [0.15, 0.2) is 36.4 Å². The highest BCUT2D eigenvalue weighted by Gasteiger charge is 2.46. The fourth-order valence-corrected chi connectivity index (χ4v) is 6.81. The lowest BCUT2D eigenvalue weighted by molar-refractivity contribution is -0.142. The van der Waals surface area contributed by atoms with Crippen LogP contribution in [0.2, 0.25) is 0 Å². The Bertz CT molecular complexity index is 1500. The standard InChI is InChI=1S/C31H35F4N5O6/c32-19-3-1-16(7-21(19)34)12-38-5-6-39-15-24(38)30(44)36-11-26-29(43)28(42)25(46-26)10-27(41)37-18-9-23(31(39)45)40(14-18)13-17-2-4-20(33)22(35)8-17/h1-4,7-8,18,23-26,28-29,42-43H,5-6,9-15H2,(H,36,44)(H,37,41)/t18-,23-,24-,25-,26+,28-,29+/m0/s1. The van der Waals surface area contributed by atoms with Crippen LogP contribution < -0.4 is 10.6 Å². The second kappa shape index (κ2) is 13.2. The Balaban J connectivity index is 1.28. The molecule has 4 heterocycles. The Hall–Kier alpha value is -3.63. The van der Waals surface area contributed by atoms with Gasteiger partial charge in [-0.1, -0.05) is 12.1 Å². The molecule has 4 N–H and O–H groups in total. The molecule has 0 spiro atoms. The van der Waals surface area contributed by atoms with E-state index >= 15 is 0 Å². The van der Waals surface area contributed by atoms with E-state index in [1.165, 1.54) is 17.0 Å². The lowest BCUT2D eigenvalue weighted by atomic mass is 10.0. The molecule has 6 bridgehead atoms. The van der Waals surface area contributed by atoms with Gasteiger partial charge in [0.15, 0.2) is 23.3 Å². The first-order valence-electron chi connectivity index (χ1n) is 15.2. The maximum Gasteiger partial charge on any atom is 0.240 e. The average Bonchev–Trinajstić information content (AvgIpc) is 3.53. The van der Waals surface area contributed by atoms with Crippen LogP contribution in [0, 0.1) is 23.3 Å². The van der Waals surface area contributed by atoms with Crippen molar-refractivity contribution in [1.29, 1.82) is 0 Å². The molecule has 2 aromatic rings. The molecule has 11 nitrogen and oxygen atoms in total. The number of carbonyl (C=O) groups is 3. The van der Waals surface area contributed by atoms with Gasteiger partial charge in [0.2, 0.25) is 17.7 Å². The van der Waals surface area contributed by atoms with Crippen LogP contribution in [0.4, 0.5) is 17.6 Å². The van der Waals surface area contributed by atoms with Gasteiger partial charge in [0.25, 0.3) is 0 Å². The fraction of sp³-hybridized carbons (Fsp3) is 0.516. The number of amides is 3. The van der Waals surface area contributed by atoms with Gasteiger partial charge in [0.1, 0.15) is 24.4 Å². The van der Waals surface area contributed by atoms with Crippen LogP contribution in [0.3, 0.4) is 0 Å². The molecule has 0 saturated carbocycles. The minimum Gasteiger partial charge on any atom is -0.388 e. The summed E-state index contributed by atoms with van der Waals surface area (Å²) in [5.74, 6) is -5.36. The van der Waals surface area contributed by atoms with E-state index in [0.29, 0.717) is 11.1 Å². The van der Waals surface area contributed by atoms with Crippen LogP contribution in [0.5, 0.6) is 0 Å². The van der Waals surface area contributed by atoms with Crippen molar-refractivity contribution >= 4 is 17.7 Å². The molecule has 0 radical (unpaired) electrons. The second-order valence-corrected chi connectivity index (χ2v) is 12.4. The first kappa shape index (κ1) is 32.3. The van der Waals surface area contributed by atoms with Crippen molar-refractivity contribution in [2.24, 2.45) is 0 Å². The molecule has 4 aliphatic heterocycles. The zero-order valence-corrected chi connectivity index (χ0v) is 24.8. The summed E-state index contributed by atoms with van der Waals surface area (Å²) in [6.07, 6.45) is -4.90. The van der Waals surface area contributed by atoms with E-state index < -0.39 is 77.6 Å². The van der Waals surface area contributed by atoms with Crippen LogP contribution in [-0.2, 0) is 32.2 Å². The summed E-state index contributed by atoms with van der Waals surface area (Å²) in [4.78, 5) is 45.7. The van der Waals surface area contributed by atoms with Gasteiger partial charge in [0, 0.05) is 51.9 Å². The third-order valence-electron chi connectivity index (χ3n) is 9.22. The topological polar surface area (TPSA) is 135 Å². The highest BCUT2D eigenvalue weighted by molar-refractivity contribution is 5.86. The number of hydrogen-bond acceptors (Lipinski definition) is 8. The summed E-state index contributed by atoms with van der Waals surface area (Å²) in [7, 11) is 0. The summed E-state index contributed by atoms with van der Waals surface area (Å²) >= 11 is 0. The number of aliphatic hydroxyl groups excluding tert-OH is 2. The normalized spacial score (nSPS) is 31.2. The van der Waals surface area contributed by atoms with E-state index in [0.717, 1.165) is 24.3 Å². The molecule has 0 aromatic heterocycles. The number of nitrogens with zero attached hydrogens (tertiary/aromatic N) is 3. The van der Waals surface area contributed by atoms with Gasteiger partial charge in [-0.15, -0.1) is 0 Å². The monoisotopic (exact) mass is 649 g/mol. The number of rotatable bonds is 4. The van der Waals surface area contributed by atoms with Gasteiger partial charge in [-0.05, 0) is 41.8 Å². The molecule has 2 aromatic carbocycles. The zero-order chi connectivity index (χ0) is 32.7. The number of hydrogen-bond donors (Lipinski definition) is 4. The van der Waals surface area contributed by atoms with Crippen LogP contribution >= 0.6 is 0 Å². The Morgan fingerprint density at radius 3 is 2.07 bits per heavy atom. The molecule has 0 aliphatic carbocycles. The van der Waals surface area contributed by atoms with E-state index in [1.54, 1.807) is 9.80 Å².